The molecule has 1 saturated heterocycles. The van der Waals surface area contributed by atoms with E-state index in [9.17, 15) is 4.79 Å². The van der Waals surface area contributed by atoms with Crippen LogP contribution in [0.4, 0.5) is 0 Å². The average molecular weight is 354 g/mol. The highest BCUT2D eigenvalue weighted by Gasteiger charge is 2.16. The third-order valence-electron chi connectivity index (χ3n) is 4.64. The highest BCUT2D eigenvalue weighted by molar-refractivity contribution is 5.84. The Balaban J connectivity index is 2.38. The third kappa shape index (κ3) is 8.56. The lowest BCUT2D eigenvalue weighted by atomic mass is 10.1. The van der Waals surface area contributed by atoms with E-state index in [2.05, 4.69) is 48.2 Å². The average Bonchev–Trinajstić information content (AvgIpc) is 2.59. The van der Waals surface area contributed by atoms with E-state index in [0.29, 0.717) is 12.1 Å². The van der Waals surface area contributed by atoms with E-state index in [4.69, 9.17) is 0 Å². The summed E-state index contributed by atoms with van der Waals surface area (Å²) in [5, 5.41) is 6.58. The summed E-state index contributed by atoms with van der Waals surface area (Å²) in [6, 6.07) is 1.12. The van der Waals surface area contributed by atoms with Gasteiger partial charge in [0, 0.05) is 44.8 Å². The number of aliphatic imine (C=N–C) groups is 1. The highest BCUT2D eigenvalue weighted by Crippen LogP contribution is 2.08. The second kappa shape index (κ2) is 12.1. The van der Waals surface area contributed by atoms with Crippen molar-refractivity contribution in [2.75, 3.05) is 39.3 Å². The molecule has 0 aliphatic carbocycles. The molecule has 0 saturated carbocycles. The summed E-state index contributed by atoms with van der Waals surface area (Å²) in [6.45, 7) is 15.7. The van der Waals surface area contributed by atoms with Crippen molar-refractivity contribution in [2.45, 2.75) is 72.4 Å². The molecule has 1 fully saturated rings. The number of rotatable bonds is 9. The van der Waals surface area contributed by atoms with E-state index in [1.54, 1.807) is 0 Å². The first-order chi connectivity index (χ1) is 12.0. The van der Waals surface area contributed by atoms with Crippen LogP contribution in [0.1, 0.15) is 60.3 Å². The van der Waals surface area contributed by atoms with Gasteiger partial charge in [0.1, 0.15) is 6.54 Å². The van der Waals surface area contributed by atoms with Crippen molar-refractivity contribution in [3.8, 4) is 0 Å². The Labute approximate surface area is 154 Å². The molecule has 0 atom stereocenters. The van der Waals surface area contributed by atoms with Crippen molar-refractivity contribution in [1.82, 2.24) is 20.4 Å². The van der Waals surface area contributed by atoms with Gasteiger partial charge in [0.25, 0.3) is 0 Å². The van der Waals surface area contributed by atoms with E-state index in [1.165, 1.54) is 6.42 Å². The largest absolute Gasteiger partial charge is 0.357 e. The van der Waals surface area contributed by atoms with Crippen LogP contribution in [0.25, 0.3) is 0 Å². The number of hydrogen-bond acceptors (Lipinski definition) is 3. The first kappa shape index (κ1) is 21.7. The first-order valence-electron chi connectivity index (χ1n) is 10.0. The molecule has 0 aromatic rings. The van der Waals surface area contributed by atoms with E-state index in [1.807, 2.05) is 11.8 Å². The van der Waals surface area contributed by atoms with Gasteiger partial charge in [-0.3, -0.25) is 9.69 Å². The van der Waals surface area contributed by atoms with Crippen LogP contribution >= 0.6 is 0 Å². The molecule has 6 heteroatoms. The Morgan fingerprint density at radius 2 is 1.72 bits per heavy atom. The summed E-state index contributed by atoms with van der Waals surface area (Å²) in [4.78, 5) is 21.1. The second-order valence-corrected chi connectivity index (χ2v) is 7.34. The van der Waals surface area contributed by atoms with Gasteiger partial charge in [-0.1, -0.05) is 0 Å². The molecule has 0 aromatic heterocycles. The summed E-state index contributed by atoms with van der Waals surface area (Å²) >= 11 is 0. The van der Waals surface area contributed by atoms with Gasteiger partial charge in [0.05, 0.1) is 0 Å². The minimum atomic E-state index is 0.141. The fourth-order valence-corrected chi connectivity index (χ4v) is 3.31. The molecule has 0 aromatic carbocycles. The van der Waals surface area contributed by atoms with Crippen molar-refractivity contribution < 1.29 is 4.79 Å². The molecule has 6 nitrogen and oxygen atoms in total. The molecule has 1 heterocycles. The number of carbonyl (C=O) groups excluding carboxylic acids is 1. The van der Waals surface area contributed by atoms with Crippen LogP contribution in [0.2, 0.25) is 0 Å². The molecule has 25 heavy (non-hydrogen) atoms. The van der Waals surface area contributed by atoms with Crippen molar-refractivity contribution in [1.29, 1.82) is 0 Å². The first-order valence-corrected chi connectivity index (χ1v) is 10.0. The van der Waals surface area contributed by atoms with E-state index in [-0.39, 0.29) is 12.5 Å². The number of likely N-dealkylation sites (tertiary alicyclic amines) is 1. The van der Waals surface area contributed by atoms with Crippen molar-refractivity contribution >= 4 is 11.9 Å². The minimum Gasteiger partial charge on any atom is -0.357 e. The van der Waals surface area contributed by atoms with Gasteiger partial charge in [-0.15, -0.1) is 0 Å². The Kier molecular flexibility index (Phi) is 10.5. The predicted octanol–water partition coefficient (Wildman–Crippen LogP) is 2.06. The normalized spacial score (nSPS) is 16.0. The molecular weight excluding hydrogens is 314 g/mol. The lowest BCUT2D eigenvalue weighted by Gasteiger charge is -2.30. The maximum atomic E-state index is 12.2. The molecule has 0 bridgehead atoms. The molecule has 0 spiro atoms. The van der Waals surface area contributed by atoms with Crippen LogP contribution in [0.15, 0.2) is 4.99 Å². The number of guanidine groups is 1. The third-order valence-corrected chi connectivity index (χ3v) is 4.64. The number of hydrogen-bond donors (Lipinski definition) is 2. The van der Waals surface area contributed by atoms with Gasteiger partial charge >= 0.3 is 0 Å². The predicted molar refractivity (Wildman–Crippen MR) is 106 cm³/mol. The number of piperidine rings is 1. The summed E-state index contributed by atoms with van der Waals surface area (Å²) in [7, 11) is 0. The maximum Gasteiger partial charge on any atom is 0.244 e. The van der Waals surface area contributed by atoms with Gasteiger partial charge in [-0.25, -0.2) is 4.99 Å². The smallest absolute Gasteiger partial charge is 0.244 e. The summed E-state index contributed by atoms with van der Waals surface area (Å²) in [5.41, 5.74) is 0. The summed E-state index contributed by atoms with van der Waals surface area (Å²) in [6.07, 6.45) is 4.54. The maximum absolute atomic E-state index is 12.2. The molecular formula is C19H39N5O. The minimum absolute atomic E-state index is 0.141. The van der Waals surface area contributed by atoms with Gasteiger partial charge in [-0.05, 0) is 60.3 Å². The van der Waals surface area contributed by atoms with E-state index >= 15 is 0 Å². The number of amides is 1. The zero-order valence-electron chi connectivity index (χ0n) is 17.0. The van der Waals surface area contributed by atoms with Gasteiger partial charge in [0.15, 0.2) is 5.96 Å². The zero-order chi connectivity index (χ0) is 18.7. The Morgan fingerprint density at radius 1 is 1.08 bits per heavy atom. The fourth-order valence-electron chi connectivity index (χ4n) is 3.31. The Bertz CT molecular complexity index is 395. The molecule has 1 aliphatic rings. The van der Waals surface area contributed by atoms with Crippen LogP contribution in [-0.4, -0.2) is 73.0 Å². The van der Waals surface area contributed by atoms with Crippen molar-refractivity contribution in [2.24, 2.45) is 4.99 Å². The molecule has 1 amide bonds. The highest BCUT2D eigenvalue weighted by atomic mass is 16.2. The lowest BCUT2D eigenvalue weighted by Crippen LogP contribution is -2.42. The van der Waals surface area contributed by atoms with Gasteiger partial charge < -0.3 is 15.5 Å². The van der Waals surface area contributed by atoms with Crippen molar-refractivity contribution in [3.63, 3.8) is 0 Å². The van der Waals surface area contributed by atoms with Gasteiger partial charge in [0.2, 0.25) is 5.91 Å². The quantitative estimate of drug-likeness (QED) is 0.378. The molecule has 1 aliphatic heterocycles. The zero-order valence-corrected chi connectivity index (χ0v) is 17.0. The van der Waals surface area contributed by atoms with Gasteiger partial charge in [-0.2, -0.15) is 0 Å². The summed E-state index contributed by atoms with van der Waals surface area (Å²) in [5.74, 6) is 0.885. The van der Waals surface area contributed by atoms with E-state index in [0.717, 1.165) is 57.9 Å². The number of nitrogens with one attached hydrogen (secondary N) is 2. The van der Waals surface area contributed by atoms with Crippen LogP contribution in [0.3, 0.4) is 0 Å². The standard InChI is InChI=1S/C19H39N5O/c1-6-20-19(21-11-10-14-24(16(2)3)17(4)5)22-15-18(25)23-12-8-7-9-13-23/h16-17H,6-15H2,1-5H3,(H2,20,21,22). The number of nitrogens with zero attached hydrogens (tertiary/aromatic N) is 3. The summed E-state index contributed by atoms with van der Waals surface area (Å²) < 4.78 is 0. The van der Waals surface area contributed by atoms with Crippen LogP contribution in [-0.2, 0) is 4.79 Å². The number of carbonyl (C=O) groups is 1. The fraction of sp³-hybridized carbons (Fsp3) is 0.895. The van der Waals surface area contributed by atoms with Crippen molar-refractivity contribution in [3.05, 3.63) is 0 Å². The van der Waals surface area contributed by atoms with E-state index < -0.39 is 0 Å². The van der Waals surface area contributed by atoms with Crippen LogP contribution in [0, 0.1) is 0 Å². The Morgan fingerprint density at radius 3 is 2.28 bits per heavy atom. The second-order valence-electron chi connectivity index (χ2n) is 7.34. The molecule has 1 rings (SSSR count). The molecule has 0 unspecified atom stereocenters. The van der Waals surface area contributed by atoms with Crippen LogP contribution < -0.4 is 10.6 Å². The topological polar surface area (TPSA) is 60.0 Å². The molecule has 146 valence electrons. The molecule has 0 radical (unpaired) electrons. The Hall–Kier alpha value is -1.30. The molecule has 2 N–H and O–H groups in total. The van der Waals surface area contributed by atoms with Crippen LogP contribution in [0.5, 0.6) is 0 Å². The lowest BCUT2D eigenvalue weighted by molar-refractivity contribution is -0.130. The monoisotopic (exact) mass is 353 g/mol. The SMILES string of the molecule is CCNC(=NCC(=O)N1CCCCC1)NCCCN(C(C)C)C(C)C.